The van der Waals surface area contributed by atoms with Gasteiger partial charge in [-0.15, -0.1) is 0 Å². The van der Waals surface area contributed by atoms with Crippen molar-refractivity contribution in [2.75, 3.05) is 34.3 Å². The topological polar surface area (TPSA) is 60.9 Å². The fourth-order valence-electron chi connectivity index (χ4n) is 3.81. The molecule has 0 atom stereocenters. The highest BCUT2D eigenvalue weighted by molar-refractivity contribution is 6.02. The molecule has 1 aromatic rings. The van der Waals surface area contributed by atoms with Crippen molar-refractivity contribution in [2.45, 2.75) is 38.5 Å². The molecule has 0 saturated carbocycles. The summed E-state index contributed by atoms with van der Waals surface area (Å²) in [5.74, 6) is 0.329. The Morgan fingerprint density at radius 3 is 1.04 bits per heavy atom. The van der Waals surface area contributed by atoms with Gasteiger partial charge in [0.25, 0.3) is 0 Å². The number of amides is 3. The first-order valence-electron chi connectivity index (χ1n) is 8.70. The summed E-state index contributed by atoms with van der Waals surface area (Å²) in [4.78, 5) is 41.7. The molecule has 0 unspecified atom stereocenters. The third kappa shape index (κ3) is 2.56. The molecule has 3 fully saturated rings. The minimum Gasteiger partial charge on any atom is -0.312 e. The number of carbonyl (C=O) groups excluding carboxylic acids is 3. The van der Waals surface area contributed by atoms with Crippen LogP contribution in [0, 0.1) is 0 Å². The van der Waals surface area contributed by atoms with Crippen LogP contribution < -0.4 is 14.7 Å². The van der Waals surface area contributed by atoms with Gasteiger partial charge in [-0.1, -0.05) is 0 Å². The zero-order valence-corrected chi connectivity index (χ0v) is 13.7. The van der Waals surface area contributed by atoms with E-state index in [0.29, 0.717) is 38.9 Å². The van der Waals surface area contributed by atoms with Crippen LogP contribution in [0.15, 0.2) is 18.2 Å². The van der Waals surface area contributed by atoms with Crippen molar-refractivity contribution in [3.63, 3.8) is 0 Å². The summed E-state index contributed by atoms with van der Waals surface area (Å²) in [7, 11) is 0. The van der Waals surface area contributed by atoms with E-state index in [4.69, 9.17) is 0 Å². The monoisotopic (exact) mass is 327 g/mol. The van der Waals surface area contributed by atoms with Gasteiger partial charge in [-0.05, 0) is 37.5 Å². The van der Waals surface area contributed by atoms with Gasteiger partial charge in [-0.2, -0.15) is 0 Å². The van der Waals surface area contributed by atoms with Gasteiger partial charge in [0, 0.05) is 56.0 Å². The van der Waals surface area contributed by atoms with E-state index >= 15 is 0 Å². The van der Waals surface area contributed by atoms with Crippen LogP contribution in [0.1, 0.15) is 38.5 Å². The molecule has 0 bridgehead atoms. The summed E-state index contributed by atoms with van der Waals surface area (Å²) >= 11 is 0. The zero-order chi connectivity index (χ0) is 16.7. The van der Waals surface area contributed by atoms with E-state index in [2.05, 4.69) is 0 Å². The Balaban J connectivity index is 1.76. The van der Waals surface area contributed by atoms with Crippen LogP contribution in [0.5, 0.6) is 0 Å². The highest BCUT2D eigenvalue weighted by Crippen LogP contribution is 2.35. The van der Waals surface area contributed by atoms with Crippen molar-refractivity contribution in [1.29, 1.82) is 0 Å². The van der Waals surface area contributed by atoms with Gasteiger partial charge < -0.3 is 14.7 Å². The molecule has 0 aromatic heterocycles. The largest absolute Gasteiger partial charge is 0.312 e. The first kappa shape index (κ1) is 15.2. The van der Waals surface area contributed by atoms with Gasteiger partial charge in [0.2, 0.25) is 17.7 Å². The molecule has 3 aliphatic rings. The lowest BCUT2D eigenvalue weighted by Crippen LogP contribution is -2.28. The van der Waals surface area contributed by atoms with E-state index in [1.54, 1.807) is 14.7 Å². The first-order valence-corrected chi connectivity index (χ1v) is 8.70. The highest BCUT2D eigenvalue weighted by atomic mass is 16.2. The molecule has 4 rings (SSSR count). The number of hydrogen-bond donors (Lipinski definition) is 0. The molecular weight excluding hydrogens is 306 g/mol. The molecule has 0 radical (unpaired) electrons. The molecule has 3 heterocycles. The molecule has 0 N–H and O–H groups in total. The Morgan fingerprint density at radius 2 is 0.833 bits per heavy atom. The molecule has 1 aromatic carbocycles. The van der Waals surface area contributed by atoms with Crippen molar-refractivity contribution < 1.29 is 14.4 Å². The Morgan fingerprint density at radius 1 is 0.542 bits per heavy atom. The van der Waals surface area contributed by atoms with Crippen LogP contribution in [0.3, 0.4) is 0 Å². The second-order valence-corrected chi connectivity index (χ2v) is 6.65. The van der Waals surface area contributed by atoms with Crippen LogP contribution in [-0.4, -0.2) is 37.4 Å². The Kier molecular flexibility index (Phi) is 3.75. The summed E-state index contributed by atoms with van der Waals surface area (Å²) in [5, 5.41) is 0. The van der Waals surface area contributed by atoms with Crippen LogP contribution in [-0.2, 0) is 14.4 Å². The predicted octanol–water partition coefficient (Wildman–Crippen LogP) is 2.07. The minimum absolute atomic E-state index is 0.110. The van der Waals surface area contributed by atoms with Crippen molar-refractivity contribution in [1.82, 2.24) is 0 Å². The third-order valence-corrected chi connectivity index (χ3v) is 5.04. The summed E-state index contributed by atoms with van der Waals surface area (Å²) in [5.41, 5.74) is 2.39. The second kappa shape index (κ2) is 5.92. The fraction of sp³-hybridized carbons (Fsp3) is 0.500. The minimum atomic E-state index is 0.110. The van der Waals surface area contributed by atoms with E-state index < -0.39 is 0 Å². The van der Waals surface area contributed by atoms with Crippen molar-refractivity contribution in [3.8, 4) is 0 Å². The molecule has 3 saturated heterocycles. The molecule has 6 heteroatoms. The lowest BCUT2D eigenvalue weighted by atomic mass is 10.2. The summed E-state index contributed by atoms with van der Waals surface area (Å²) < 4.78 is 0. The van der Waals surface area contributed by atoms with Crippen LogP contribution in [0.2, 0.25) is 0 Å². The fourth-order valence-corrected chi connectivity index (χ4v) is 3.81. The van der Waals surface area contributed by atoms with Gasteiger partial charge in [0.05, 0.1) is 0 Å². The van der Waals surface area contributed by atoms with E-state index in [-0.39, 0.29) is 17.7 Å². The van der Waals surface area contributed by atoms with Crippen molar-refractivity contribution >= 4 is 34.8 Å². The van der Waals surface area contributed by atoms with E-state index in [1.165, 1.54) is 0 Å². The predicted molar refractivity (Wildman–Crippen MR) is 91.2 cm³/mol. The smallest absolute Gasteiger partial charge is 0.227 e. The van der Waals surface area contributed by atoms with Gasteiger partial charge in [-0.25, -0.2) is 0 Å². The number of nitrogens with zero attached hydrogens (tertiary/aromatic N) is 3. The SMILES string of the molecule is O=C1CCCN1c1cc(N2CCCC2=O)cc(N2CCCC2=O)c1. The van der Waals surface area contributed by atoms with E-state index in [9.17, 15) is 14.4 Å². The van der Waals surface area contributed by atoms with E-state index in [0.717, 1.165) is 36.3 Å². The lowest BCUT2D eigenvalue weighted by Gasteiger charge is -2.25. The normalized spacial score (nSPS) is 21.5. The van der Waals surface area contributed by atoms with Crippen molar-refractivity contribution in [2.24, 2.45) is 0 Å². The number of rotatable bonds is 3. The van der Waals surface area contributed by atoms with Crippen molar-refractivity contribution in [3.05, 3.63) is 18.2 Å². The number of anilines is 3. The maximum atomic E-state index is 12.1. The quantitative estimate of drug-likeness (QED) is 0.854. The van der Waals surface area contributed by atoms with E-state index in [1.807, 2.05) is 18.2 Å². The molecule has 0 aliphatic carbocycles. The summed E-state index contributed by atoms with van der Waals surface area (Å²) in [6.45, 7) is 2.09. The molecule has 0 spiro atoms. The zero-order valence-electron chi connectivity index (χ0n) is 13.7. The number of hydrogen-bond acceptors (Lipinski definition) is 3. The average Bonchev–Trinajstić information content (AvgIpc) is 3.28. The maximum Gasteiger partial charge on any atom is 0.227 e. The number of benzene rings is 1. The standard InChI is InChI=1S/C18H21N3O3/c22-16-4-1-7-19(16)13-10-14(20-8-2-5-17(20)23)12-15(11-13)21-9-3-6-18(21)24/h10-12H,1-9H2. The molecule has 24 heavy (non-hydrogen) atoms. The molecule has 3 aliphatic heterocycles. The van der Waals surface area contributed by atoms with Gasteiger partial charge in [0.15, 0.2) is 0 Å². The molecule has 6 nitrogen and oxygen atoms in total. The van der Waals surface area contributed by atoms with Crippen LogP contribution >= 0.6 is 0 Å². The average molecular weight is 327 g/mol. The second-order valence-electron chi connectivity index (χ2n) is 6.65. The van der Waals surface area contributed by atoms with Gasteiger partial charge in [0.1, 0.15) is 0 Å². The highest BCUT2D eigenvalue weighted by Gasteiger charge is 2.29. The molecule has 3 amide bonds. The van der Waals surface area contributed by atoms with Gasteiger partial charge in [-0.3, -0.25) is 14.4 Å². The Bertz CT molecular complexity index is 608. The molecule has 126 valence electrons. The Labute approximate surface area is 141 Å². The number of carbonyl (C=O) groups is 3. The summed E-state index contributed by atoms with van der Waals surface area (Å²) in [6, 6.07) is 5.74. The maximum absolute atomic E-state index is 12.1. The first-order chi connectivity index (χ1) is 11.6. The van der Waals surface area contributed by atoms with Crippen LogP contribution in [0.4, 0.5) is 17.1 Å². The lowest BCUT2D eigenvalue weighted by molar-refractivity contribution is -0.117. The summed E-state index contributed by atoms with van der Waals surface area (Å²) in [6.07, 6.45) is 4.23. The van der Waals surface area contributed by atoms with Gasteiger partial charge >= 0.3 is 0 Å². The van der Waals surface area contributed by atoms with Crippen LogP contribution in [0.25, 0.3) is 0 Å². The third-order valence-electron chi connectivity index (χ3n) is 5.04. The molecular formula is C18H21N3O3. The Hall–Kier alpha value is -2.37.